The van der Waals surface area contributed by atoms with E-state index in [1.54, 1.807) is 12.1 Å². The van der Waals surface area contributed by atoms with Crippen LogP contribution < -0.4 is 10.6 Å². The second-order valence-corrected chi connectivity index (χ2v) is 8.91. The largest absolute Gasteiger partial charge is 0.378 e. The molecule has 4 aromatic rings. The molecule has 0 saturated carbocycles. The van der Waals surface area contributed by atoms with Gasteiger partial charge in [-0.25, -0.2) is 4.39 Å². The van der Waals surface area contributed by atoms with Gasteiger partial charge in [0.25, 0.3) is 0 Å². The highest BCUT2D eigenvalue weighted by Crippen LogP contribution is 2.21. The van der Waals surface area contributed by atoms with Gasteiger partial charge in [-0.05, 0) is 66.9 Å². The molecular formula is C26H26FN5OS. The average molecular weight is 476 g/mol. The molecule has 2 N–H and O–H groups in total. The highest BCUT2D eigenvalue weighted by atomic mass is 32.2. The van der Waals surface area contributed by atoms with Gasteiger partial charge in [-0.3, -0.25) is 4.79 Å². The third kappa shape index (κ3) is 6.23. The fourth-order valence-electron chi connectivity index (χ4n) is 3.38. The molecular weight excluding hydrogens is 449 g/mol. The summed E-state index contributed by atoms with van der Waals surface area (Å²) < 4.78 is 15.2. The van der Waals surface area contributed by atoms with E-state index in [-0.39, 0.29) is 17.5 Å². The fraction of sp³-hybridized carbons (Fsp3) is 0.192. The summed E-state index contributed by atoms with van der Waals surface area (Å²) >= 11 is 1.35. The van der Waals surface area contributed by atoms with E-state index >= 15 is 0 Å². The molecule has 1 heterocycles. The smallest absolute Gasteiger partial charge is 0.234 e. The molecule has 34 heavy (non-hydrogen) atoms. The molecule has 0 atom stereocenters. The Morgan fingerprint density at radius 1 is 0.941 bits per heavy atom. The van der Waals surface area contributed by atoms with Crippen molar-refractivity contribution in [2.75, 3.05) is 16.4 Å². The molecule has 8 heteroatoms. The number of halogens is 1. The molecule has 4 rings (SSSR count). The molecule has 0 fully saturated rings. The number of benzene rings is 3. The van der Waals surface area contributed by atoms with Gasteiger partial charge in [-0.2, -0.15) is 0 Å². The Bertz CT molecular complexity index is 1260. The summed E-state index contributed by atoms with van der Waals surface area (Å²) in [6.07, 6.45) is 0. The van der Waals surface area contributed by atoms with Crippen molar-refractivity contribution in [3.05, 3.63) is 101 Å². The fourth-order valence-corrected chi connectivity index (χ4v) is 4.13. The molecule has 1 amide bonds. The Kier molecular flexibility index (Phi) is 7.59. The standard InChI is InChI=1S/C26H26FN5OS/c1-18-8-11-23(14-19(18)2)29-25(33)17-34-26-31-30-24(15-28-22-12-9-21(27)10-13-22)32(26)16-20-6-4-3-5-7-20/h3-14,28H,15-17H2,1-2H3,(H,29,33). The molecule has 0 spiro atoms. The third-order valence-corrected chi connectivity index (χ3v) is 6.36. The van der Waals surface area contributed by atoms with Crippen LogP contribution in [0.2, 0.25) is 0 Å². The van der Waals surface area contributed by atoms with Crippen LogP contribution in [0, 0.1) is 19.7 Å². The van der Waals surface area contributed by atoms with Crippen molar-refractivity contribution in [3.63, 3.8) is 0 Å². The van der Waals surface area contributed by atoms with Crippen LogP contribution in [0.3, 0.4) is 0 Å². The lowest BCUT2D eigenvalue weighted by Crippen LogP contribution is -2.15. The van der Waals surface area contributed by atoms with E-state index in [4.69, 9.17) is 0 Å². The topological polar surface area (TPSA) is 71.8 Å². The molecule has 3 aromatic carbocycles. The van der Waals surface area contributed by atoms with Gasteiger partial charge >= 0.3 is 0 Å². The summed E-state index contributed by atoms with van der Waals surface area (Å²) in [5, 5.41) is 15.6. The van der Waals surface area contributed by atoms with Crippen molar-refractivity contribution in [2.24, 2.45) is 0 Å². The number of nitrogens with one attached hydrogen (secondary N) is 2. The van der Waals surface area contributed by atoms with Crippen molar-refractivity contribution in [1.29, 1.82) is 0 Å². The van der Waals surface area contributed by atoms with E-state index in [0.29, 0.717) is 18.2 Å². The van der Waals surface area contributed by atoms with Crippen molar-refractivity contribution < 1.29 is 9.18 Å². The molecule has 0 aliphatic carbocycles. The first kappa shape index (κ1) is 23.5. The Morgan fingerprint density at radius 3 is 2.41 bits per heavy atom. The number of rotatable bonds is 9. The van der Waals surface area contributed by atoms with Crippen LogP contribution in [0.1, 0.15) is 22.5 Å². The average Bonchev–Trinajstić information content (AvgIpc) is 3.21. The van der Waals surface area contributed by atoms with Crippen molar-refractivity contribution in [3.8, 4) is 0 Å². The maximum atomic E-state index is 13.2. The molecule has 6 nitrogen and oxygen atoms in total. The molecule has 1 aromatic heterocycles. The maximum absolute atomic E-state index is 13.2. The molecule has 0 bridgehead atoms. The number of carbonyl (C=O) groups excluding carboxylic acids is 1. The lowest BCUT2D eigenvalue weighted by Gasteiger charge is -2.12. The zero-order valence-electron chi connectivity index (χ0n) is 19.1. The van der Waals surface area contributed by atoms with Crippen LogP contribution >= 0.6 is 11.8 Å². The highest BCUT2D eigenvalue weighted by Gasteiger charge is 2.15. The molecule has 0 aliphatic rings. The number of carbonyl (C=O) groups is 1. The molecule has 0 unspecified atom stereocenters. The lowest BCUT2D eigenvalue weighted by molar-refractivity contribution is -0.113. The zero-order valence-corrected chi connectivity index (χ0v) is 19.9. The first-order chi connectivity index (χ1) is 16.5. The van der Waals surface area contributed by atoms with Gasteiger partial charge in [-0.1, -0.05) is 48.2 Å². The summed E-state index contributed by atoms with van der Waals surface area (Å²) in [4.78, 5) is 12.6. The minimum absolute atomic E-state index is 0.103. The summed E-state index contributed by atoms with van der Waals surface area (Å²) in [6.45, 7) is 5.06. The van der Waals surface area contributed by atoms with Crippen LogP contribution in [0.25, 0.3) is 0 Å². The van der Waals surface area contributed by atoms with Crippen LogP contribution in [-0.2, 0) is 17.9 Å². The van der Waals surface area contributed by atoms with Gasteiger partial charge in [-0.15, -0.1) is 10.2 Å². The quantitative estimate of drug-likeness (QED) is 0.316. The second kappa shape index (κ2) is 11.0. The predicted molar refractivity (Wildman–Crippen MR) is 135 cm³/mol. The van der Waals surface area contributed by atoms with Crippen LogP contribution in [0.5, 0.6) is 0 Å². The Hall–Kier alpha value is -3.65. The number of thioether (sulfide) groups is 1. The second-order valence-electron chi connectivity index (χ2n) is 7.97. The van der Waals surface area contributed by atoms with Crippen molar-refractivity contribution in [1.82, 2.24) is 14.8 Å². The SMILES string of the molecule is Cc1ccc(NC(=O)CSc2nnc(CNc3ccc(F)cc3)n2Cc2ccccc2)cc1C. The highest BCUT2D eigenvalue weighted by molar-refractivity contribution is 7.99. The van der Waals surface area contributed by atoms with E-state index in [9.17, 15) is 9.18 Å². The van der Waals surface area contributed by atoms with E-state index in [2.05, 4.69) is 20.8 Å². The summed E-state index contributed by atoms with van der Waals surface area (Å²) in [5.41, 5.74) is 4.99. The number of aromatic nitrogens is 3. The number of anilines is 2. The predicted octanol–water partition coefficient (Wildman–Crippen LogP) is 5.43. The Labute approximate surface area is 202 Å². The van der Waals surface area contributed by atoms with Gasteiger partial charge in [0.05, 0.1) is 18.8 Å². The lowest BCUT2D eigenvalue weighted by atomic mass is 10.1. The zero-order chi connectivity index (χ0) is 23.9. The Balaban J connectivity index is 1.46. The van der Waals surface area contributed by atoms with Crippen LogP contribution in [0.4, 0.5) is 15.8 Å². The monoisotopic (exact) mass is 475 g/mol. The number of hydrogen-bond acceptors (Lipinski definition) is 5. The molecule has 0 aliphatic heterocycles. The van der Waals surface area contributed by atoms with Crippen LogP contribution in [-0.4, -0.2) is 26.4 Å². The van der Waals surface area contributed by atoms with Gasteiger partial charge in [0.2, 0.25) is 5.91 Å². The van der Waals surface area contributed by atoms with Crippen LogP contribution in [0.15, 0.2) is 78.0 Å². The number of aryl methyl sites for hydroxylation is 2. The van der Waals surface area contributed by atoms with Gasteiger partial charge in [0.1, 0.15) is 5.82 Å². The van der Waals surface area contributed by atoms with Crippen molar-refractivity contribution >= 4 is 29.0 Å². The number of nitrogens with zero attached hydrogens (tertiary/aromatic N) is 3. The number of amides is 1. The normalized spacial score (nSPS) is 10.8. The third-order valence-electron chi connectivity index (χ3n) is 5.39. The Morgan fingerprint density at radius 2 is 1.68 bits per heavy atom. The van der Waals surface area contributed by atoms with E-state index in [0.717, 1.165) is 28.3 Å². The first-order valence-corrected chi connectivity index (χ1v) is 11.9. The van der Waals surface area contributed by atoms with Gasteiger partial charge in [0, 0.05) is 11.4 Å². The van der Waals surface area contributed by atoms with Gasteiger partial charge < -0.3 is 15.2 Å². The van der Waals surface area contributed by atoms with E-state index in [1.165, 1.54) is 29.5 Å². The summed E-state index contributed by atoms with van der Waals surface area (Å²) in [7, 11) is 0. The molecule has 174 valence electrons. The summed E-state index contributed by atoms with van der Waals surface area (Å²) in [6, 6.07) is 22.1. The van der Waals surface area contributed by atoms with Gasteiger partial charge in [0.15, 0.2) is 11.0 Å². The van der Waals surface area contributed by atoms with E-state index in [1.807, 2.05) is 66.9 Å². The minimum Gasteiger partial charge on any atom is -0.378 e. The molecule has 0 radical (unpaired) electrons. The minimum atomic E-state index is -0.282. The molecule has 0 saturated heterocycles. The van der Waals surface area contributed by atoms with Crippen molar-refractivity contribution in [2.45, 2.75) is 32.1 Å². The first-order valence-electron chi connectivity index (χ1n) is 10.9. The van der Waals surface area contributed by atoms with E-state index < -0.39 is 0 Å². The summed E-state index contributed by atoms with van der Waals surface area (Å²) in [5.74, 6) is 0.555. The maximum Gasteiger partial charge on any atom is 0.234 e. The number of hydrogen-bond donors (Lipinski definition) is 2.